The second kappa shape index (κ2) is 9.65. The summed E-state index contributed by atoms with van der Waals surface area (Å²) in [7, 11) is -3.78. The van der Waals surface area contributed by atoms with E-state index >= 15 is 0 Å². The van der Waals surface area contributed by atoms with Crippen molar-refractivity contribution in [3.63, 3.8) is 0 Å². The number of carbonyl (C=O) groups is 1. The summed E-state index contributed by atoms with van der Waals surface area (Å²) in [6.45, 7) is 2.84. The summed E-state index contributed by atoms with van der Waals surface area (Å²) >= 11 is 0. The fourth-order valence-electron chi connectivity index (χ4n) is 4.15. The first kappa shape index (κ1) is 22.2. The average Bonchev–Trinajstić information content (AvgIpc) is 2.81. The van der Waals surface area contributed by atoms with Gasteiger partial charge in [0.2, 0.25) is 10.0 Å². The Labute approximate surface area is 189 Å². The molecule has 1 fully saturated rings. The first-order valence-electron chi connectivity index (χ1n) is 10.6. The SMILES string of the molecule is NS(=O)(=O)c1ccc(C(=O)N2CCN(Cc3ccccc3)[C@H](Cc3ccccc3)C2)cc1. The van der Waals surface area contributed by atoms with Crippen LogP contribution in [0.2, 0.25) is 0 Å². The number of carbonyl (C=O) groups excluding carboxylic acids is 1. The number of nitrogens with two attached hydrogens (primary N) is 1. The highest BCUT2D eigenvalue weighted by Gasteiger charge is 2.30. The Bertz CT molecular complexity index is 1150. The average molecular weight is 450 g/mol. The molecule has 0 spiro atoms. The van der Waals surface area contributed by atoms with Gasteiger partial charge in [0.1, 0.15) is 0 Å². The standard InChI is InChI=1S/C25H27N3O3S/c26-32(30,31)24-13-11-22(12-14-24)25(29)28-16-15-27(18-21-9-5-2-6-10-21)23(19-28)17-20-7-3-1-4-8-20/h1-14,23H,15-19H2,(H2,26,30,31)/t23-/m1/s1. The molecule has 1 heterocycles. The van der Waals surface area contributed by atoms with E-state index < -0.39 is 10.0 Å². The van der Waals surface area contributed by atoms with Crippen molar-refractivity contribution in [3.8, 4) is 0 Å². The minimum atomic E-state index is -3.78. The quantitative estimate of drug-likeness (QED) is 0.627. The molecule has 1 amide bonds. The Hall–Kier alpha value is -3.00. The maximum atomic E-state index is 13.2. The van der Waals surface area contributed by atoms with E-state index in [0.29, 0.717) is 18.7 Å². The van der Waals surface area contributed by atoms with Gasteiger partial charge in [-0.05, 0) is 41.8 Å². The molecule has 3 aromatic carbocycles. The van der Waals surface area contributed by atoms with Crippen LogP contribution in [0.25, 0.3) is 0 Å². The van der Waals surface area contributed by atoms with E-state index in [2.05, 4.69) is 29.2 Å². The largest absolute Gasteiger partial charge is 0.336 e. The molecule has 3 aromatic rings. The number of sulfonamides is 1. The number of benzene rings is 3. The molecule has 1 saturated heterocycles. The van der Waals surface area contributed by atoms with Gasteiger partial charge in [-0.3, -0.25) is 9.69 Å². The van der Waals surface area contributed by atoms with Gasteiger partial charge < -0.3 is 4.90 Å². The van der Waals surface area contributed by atoms with Crippen LogP contribution in [0, 0.1) is 0 Å². The Morgan fingerprint density at radius 1 is 0.844 bits per heavy atom. The molecule has 32 heavy (non-hydrogen) atoms. The first-order valence-corrected chi connectivity index (χ1v) is 12.2. The van der Waals surface area contributed by atoms with Gasteiger partial charge in [0.25, 0.3) is 5.91 Å². The number of amides is 1. The zero-order valence-electron chi connectivity index (χ0n) is 17.8. The molecule has 2 N–H and O–H groups in total. The highest BCUT2D eigenvalue weighted by atomic mass is 32.2. The van der Waals surface area contributed by atoms with Crippen LogP contribution in [0.3, 0.4) is 0 Å². The van der Waals surface area contributed by atoms with Gasteiger partial charge in [-0.25, -0.2) is 13.6 Å². The molecule has 0 aliphatic carbocycles. The molecular formula is C25H27N3O3S. The lowest BCUT2D eigenvalue weighted by atomic mass is 10.0. The van der Waals surface area contributed by atoms with E-state index in [-0.39, 0.29) is 16.8 Å². The van der Waals surface area contributed by atoms with E-state index in [0.717, 1.165) is 19.5 Å². The van der Waals surface area contributed by atoms with Crippen LogP contribution in [-0.4, -0.2) is 49.8 Å². The molecular weight excluding hydrogens is 422 g/mol. The summed E-state index contributed by atoms with van der Waals surface area (Å²) in [5.74, 6) is -0.0941. The van der Waals surface area contributed by atoms with Gasteiger partial charge in [0.05, 0.1) is 4.90 Å². The molecule has 0 unspecified atom stereocenters. The second-order valence-corrected chi connectivity index (χ2v) is 9.68. The molecule has 0 aromatic heterocycles. The number of hydrogen-bond acceptors (Lipinski definition) is 4. The van der Waals surface area contributed by atoms with Crippen molar-refractivity contribution < 1.29 is 13.2 Å². The van der Waals surface area contributed by atoms with Crippen LogP contribution in [0.5, 0.6) is 0 Å². The van der Waals surface area contributed by atoms with Crippen molar-refractivity contribution in [1.82, 2.24) is 9.80 Å². The summed E-state index contributed by atoms with van der Waals surface area (Å²) < 4.78 is 23.0. The first-order chi connectivity index (χ1) is 15.4. The third kappa shape index (κ3) is 5.43. The van der Waals surface area contributed by atoms with Gasteiger partial charge in [-0.2, -0.15) is 0 Å². The molecule has 0 bridgehead atoms. The smallest absolute Gasteiger partial charge is 0.253 e. The summed E-state index contributed by atoms with van der Waals surface area (Å²) in [4.78, 5) is 17.5. The third-order valence-electron chi connectivity index (χ3n) is 5.86. The highest BCUT2D eigenvalue weighted by Crippen LogP contribution is 2.20. The number of rotatable bonds is 6. The fraction of sp³-hybridized carbons (Fsp3) is 0.240. The summed E-state index contributed by atoms with van der Waals surface area (Å²) in [5.41, 5.74) is 2.96. The van der Waals surface area contributed by atoms with Crippen molar-refractivity contribution >= 4 is 15.9 Å². The predicted octanol–water partition coefficient (Wildman–Crippen LogP) is 2.90. The van der Waals surface area contributed by atoms with Crippen LogP contribution in [-0.2, 0) is 23.0 Å². The number of nitrogens with zero attached hydrogens (tertiary/aromatic N) is 2. The molecule has 7 heteroatoms. The van der Waals surface area contributed by atoms with Crippen LogP contribution < -0.4 is 5.14 Å². The van der Waals surface area contributed by atoms with Crippen molar-refractivity contribution in [2.45, 2.75) is 23.9 Å². The minimum absolute atomic E-state index is 0.00341. The molecule has 1 aliphatic rings. The normalized spacial score (nSPS) is 17.3. The van der Waals surface area contributed by atoms with Crippen LogP contribution in [0.15, 0.2) is 89.8 Å². The summed E-state index contributed by atoms with van der Waals surface area (Å²) in [5, 5.41) is 5.17. The molecule has 4 rings (SSSR count). The Kier molecular flexibility index (Phi) is 6.69. The molecule has 1 aliphatic heterocycles. The van der Waals surface area contributed by atoms with Gasteiger partial charge >= 0.3 is 0 Å². The van der Waals surface area contributed by atoms with E-state index in [4.69, 9.17) is 5.14 Å². The lowest BCUT2D eigenvalue weighted by Crippen LogP contribution is -2.55. The zero-order chi connectivity index (χ0) is 22.6. The lowest BCUT2D eigenvalue weighted by Gasteiger charge is -2.41. The molecule has 1 atom stereocenters. The lowest BCUT2D eigenvalue weighted by molar-refractivity contribution is 0.0459. The van der Waals surface area contributed by atoms with E-state index in [1.165, 1.54) is 35.4 Å². The van der Waals surface area contributed by atoms with Gasteiger partial charge in [-0.15, -0.1) is 0 Å². The van der Waals surface area contributed by atoms with Crippen LogP contribution in [0.4, 0.5) is 0 Å². The number of piperazine rings is 1. The van der Waals surface area contributed by atoms with Crippen molar-refractivity contribution in [1.29, 1.82) is 0 Å². The number of hydrogen-bond donors (Lipinski definition) is 1. The maximum Gasteiger partial charge on any atom is 0.253 e. The highest BCUT2D eigenvalue weighted by molar-refractivity contribution is 7.89. The molecule has 166 valence electrons. The predicted molar refractivity (Wildman–Crippen MR) is 125 cm³/mol. The number of primary sulfonamides is 1. The topological polar surface area (TPSA) is 83.7 Å². The van der Waals surface area contributed by atoms with Crippen molar-refractivity contribution in [3.05, 3.63) is 102 Å². The fourth-order valence-corrected chi connectivity index (χ4v) is 4.67. The minimum Gasteiger partial charge on any atom is -0.336 e. The Morgan fingerprint density at radius 2 is 1.44 bits per heavy atom. The summed E-state index contributed by atoms with van der Waals surface area (Å²) in [6, 6.07) is 26.7. The summed E-state index contributed by atoms with van der Waals surface area (Å²) in [6.07, 6.45) is 0.849. The Balaban J connectivity index is 1.52. The van der Waals surface area contributed by atoms with Crippen LogP contribution >= 0.6 is 0 Å². The van der Waals surface area contributed by atoms with Crippen molar-refractivity contribution in [2.24, 2.45) is 5.14 Å². The molecule has 0 radical (unpaired) electrons. The van der Waals surface area contributed by atoms with E-state index in [9.17, 15) is 13.2 Å². The van der Waals surface area contributed by atoms with Crippen LogP contribution in [0.1, 0.15) is 21.5 Å². The van der Waals surface area contributed by atoms with Gasteiger partial charge in [0.15, 0.2) is 0 Å². The Morgan fingerprint density at radius 3 is 2.03 bits per heavy atom. The second-order valence-electron chi connectivity index (χ2n) is 8.12. The monoisotopic (exact) mass is 449 g/mol. The van der Waals surface area contributed by atoms with Gasteiger partial charge in [0, 0.05) is 37.8 Å². The molecule has 6 nitrogen and oxygen atoms in total. The molecule has 0 saturated carbocycles. The van der Waals surface area contributed by atoms with Gasteiger partial charge in [-0.1, -0.05) is 60.7 Å². The maximum absolute atomic E-state index is 13.2. The van der Waals surface area contributed by atoms with E-state index in [1.807, 2.05) is 41.3 Å². The van der Waals surface area contributed by atoms with E-state index in [1.54, 1.807) is 0 Å². The third-order valence-corrected chi connectivity index (χ3v) is 6.79. The van der Waals surface area contributed by atoms with Crippen molar-refractivity contribution in [2.75, 3.05) is 19.6 Å². The zero-order valence-corrected chi connectivity index (χ0v) is 18.6.